The minimum absolute atomic E-state index is 0.0863. The number of rotatable bonds is 43. The van der Waals surface area contributed by atoms with Gasteiger partial charge in [-0.3, -0.25) is 14.4 Å². The first-order chi connectivity index (χ1) is 29.0. The summed E-state index contributed by atoms with van der Waals surface area (Å²) in [6, 6.07) is 0. The Bertz CT molecular complexity index is 1130. The van der Waals surface area contributed by atoms with Crippen molar-refractivity contribution in [3.8, 4) is 0 Å². The molecule has 0 aliphatic carbocycles. The number of carbonyl (C=O) groups excluding carboxylic acids is 3. The van der Waals surface area contributed by atoms with Crippen LogP contribution in [0.5, 0.6) is 0 Å². The quantitative estimate of drug-likeness (QED) is 0.0264. The number of esters is 3. The third-order valence-corrected chi connectivity index (χ3v) is 10.1. The van der Waals surface area contributed by atoms with Gasteiger partial charge in [-0.2, -0.15) is 0 Å². The summed E-state index contributed by atoms with van der Waals surface area (Å²) < 4.78 is 16.7. The summed E-state index contributed by atoms with van der Waals surface area (Å²) in [5, 5.41) is 0. The van der Waals surface area contributed by atoms with Crippen LogP contribution in [0, 0.1) is 0 Å². The summed E-state index contributed by atoms with van der Waals surface area (Å²) in [6.07, 6.45) is 58.9. The zero-order valence-electron chi connectivity index (χ0n) is 38.5. The van der Waals surface area contributed by atoms with Crippen LogP contribution in [-0.2, 0) is 28.6 Å². The molecule has 0 fully saturated rings. The van der Waals surface area contributed by atoms with Crippen molar-refractivity contribution in [1.29, 1.82) is 0 Å². The molecule has 0 rings (SSSR count). The number of unbranched alkanes of at least 4 members (excludes halogenated alkanes) is 20. The lowest BCUT2D eigenvalue weighted by atomic mass is 10.1. The highest BCUT2D eigenvalue weighted by molar-refractivity contribution is 5.71. The van der Waals surface area contributed by atoms with Crippen molar-refractivity contribution in [1.82, 2.24) is 0 Å². The first-order valence-electron chi connectivity index (χ1n) is 24.4. The molecule has 1 atom stereocenters. The Labute approximate surface area is 363 Å². The maximum Gasteiger partial charge on any atom is 0.306 e. The van der Waals surface area contributed by atoms with Crippen LogP contribution in [0.4, 0.5) is 0 Å². The predicted octanol–water partition coefficient (Wildman–Crippen LogP) is 15.9. The molecule has 0 bridgehead atoms. The molecule has 1 unspecified atom stereocenters. The fourth-order valence-electron chi connectivity index (χ4n) is 6.50. The lowest BCUT2D eigenvalue weighted by Crippen LogP contribution is -2.30. The van der Waals surface area contributed by atoms with Crippen LogP contribution >= 0.6 is 0 Å². The van der Waals surface area contributed by atoms with E-state index in [4.69, 9.17) is 14.2 Å². The number of carbonyl (C=O) groups is 3. The molecule has 0 aliphatic heterocycles. The highest BCUT2D eigenvalue weighted by atomic mass is 16.6. The van der Waals surface area contributed by atoms with Crippen LogP contribution in [0.15, 0.2) is 72.9 Å². The molecule has 0 aromatic rings. The fraction of sp³-hybridized carbons (Fsp3) is 0.717. The van der Waals surface area contributed by atoms with Crippen LogP contribution < -0.4 is 0 Å². The van der Waals surface area contributed by atoms with Gasteiger partial charge in [0, 0.05) is 19.3 Å². The molecular formula is C53H90O6. The van der Waals surface area contributed by atoms with Gasteiger partial charge in [-0.1, -0.05) is 184 Å². The number of ether oxygens (including phenoxy) is 3. The van der Waals surface area contributed by atoms with Crippen LogP contribution in [0.25, 0.3) is 0 Å². The average molecular weight is 823 g/mol. The summed E-state index contributed by atoms with van der Waals surface area (Å²) in [5.74, 6) is -0.919. The van der Waals surface area contributed by atoms with Gasteiger partial charge in [0.1, 0.15) is 13.2 Å². The number of hydrogen-bond donors (Lipinski definition) is 0. The van der Waals surface area contributed by atoms with Gasteiger partial charge in [-0.25, -0.2) is 0 Å². The van der Waals surface area contributed by atoms with E-state index in [0.29, 0.717) is 19.3 Å². The van der Waals surface area contributed by atoms with E-state index >= 15 is 0 Å². The van der Waals surface area contributed by atoms with E-state index in [-0.39, 0.29) is 31.1 Å². The third kappa shape index (κ3) is 45.8. The molecule has 0 aromatic carbocycles. The van der Waals surface area contributed by atoms with Crippen molar-refractivity contribution in [2.75, 3.05) is 13.2 Å². The highest BCUT2D eigenvalue weighted by Crippen LogP contribution is 2.14. The topological polar surface area (TPSA) is 78.9 Å². The first-order valence-corrected chi connectivity index (χ1v) is 24.4. The molecule has 338 valence electrons. The minimum atomic E-state index is -0.783. The number of allylic oxidation sites excluding steroid dienone is 12. The standard InChI is InChI=1S/C53H90O6/c1-4-7-10-13-16-19-22-23-24-25-26-27-28-29-30-31-32-35-37-40-43-46-52(55)58-49-50(59-53(56)47-44-41-38-34-21-18-15-12-9-6-3)48-57-51(54)45-42-39-36-33-20-17-14-11-8-5-2/h7,10-12,14-16,19,23-24,26-27,50H,4-6,8-9,13,17-18,20-22,25,28-49H2,1-3H3/b10-7-,14-11-,15-12-,19-16-,24-23-,27-26-. The SMILES string of the molecule is CC/C=C\C/C=C\C/C=C\C/C=C\CCCCCCCCCCC(=O)OCC(COC(=O)CCCCCCC/C=C\CCC)OC(=O)CCCCCCC/C=C\CCC. The molecule has 0 N–H and O–H groups in total. The van der Waals surface area contributed by atoms with E-state index in [2.05, 4.69) is 93.7 Å². The summed E-state index contributed by atoms with van der Waals surface area (Å²) in [6.45, 7) is 6.37. The second-order valence-corrected chi connectivity index (χ2v) is 16.0. The van der Waals surface area contributed by atoms with Crippen molar-refractivity contribution >= 4 is 17.9 Å². The smallest absolute Gasteiger partial charge is 0.306 e. The molecule has 6 heteroatoms. The monoisotopic (exact) mass is 823 g/mol. The zero-order chi connectivity index (χ0) is 43.0. The maximum atomic E-state index is 12.7. The lowest BCUT2D eigenvalue weighted by Gasteiger charge is -2.18. The molecule has 0 amide bonds. The first kappa shape index (κ1) is 55.9. The molecule has 0 aliphatic rings. The summed E-state index contributed by atoms with van der Waals surface area (Å²) >= 11 is 0. The Hall–Kier alpha value is -3.15. The van der Waals surface area contributed by atoms with Crippen molar-refractivity contribution in [3.63, 3.8) is 0 Å². The van der Waals surface area contributed by atoms with Crippen molar-refractivity contribution < 1.29 is 28.6 Å². The largest absolute Gasteiger partial charge is 0.462 e. The van der Waals surface area contributed by atoms with Crippen LogP contribution in [0.1, 0.15) is 226 Å². The Morgan fingerprint density at radius 2 is 0.661 bits per heavy atom. The van der Waals surface area contributed by atoms with E-state index in [9.17, 15) is 14.4 Å². The Kier molecular flexibility index (Phi) is 45.0. The van der Waals surface area contributed by atoms with Gasteiger partial charge in [0.25, 0.3) is 0 Å². The van der Waals surface area contributed by atoms with Crippen molar-refractivity contribution in [2.45, 2.75) is 232 Å². The average Bonchev–Trinajstić information content (AvgIpc) is 3.23. The molecule has 0 radical (unpaired) electrons. The van der Waals surface area contributed by atoms with Gasteiger partial charge in [-0.15, -0.1) is 0 Å². The van der Waals surface area contributed by atoms with Crippen molar-refractivity contribution in [3.05, 3.63) is 72.9 Å². The van der Waals surface area contributed by atoms with Crippen molar-refractivity contribution in [2.24, 2.45) is 0 Å². The second-order valence-electron chi connectivity index (χ2n) is 16.0. The second kappa shape index (κ2) is 47.5. The van der Waals surface area contributed by atoms with Gasteiger partial charge in [0.15, 0.2) is 6.10 Å². The van der Waals surface area contributed by atoms with E-state index < -0.39 is 6.10 Å². The van der Waals surface area contributed by atoms with E-state index in [1.54, 1.807) is 0 Å². The summed E-state index contributed by atoms with van der Waals surface area (Å²) in [5.41, 5.74) is 0. The molecule has 0 saturated carbocycles. The van der Waals surface area contributed by atoms with E-state index in [0.717, 1.165) is 122 Å². The Balaban J connectivity index is 4.28. The summed E-state index contributed by atoms with van der Waals surface area (Å²) in [7, 11) is 0. The summed E-state index contributed by atoms with van der Waals surface area (Å²) in [4.78, 5) is 37.8. The Morgan fingerprint density at radius 3 is 1.05 bits per heavy atom. The maximum absolute atomic E-state index is 12.7. The van der Waals surface area contributed by atoms with Crippen LogP contribution in [-0.4, -0.2) is 37.2 Å². The molecule has 6 nitrogen and oxygen atoms in total. The van der Waals surface area contributed by atoms with E-state index in [1.807, 2.05) is 0 Å². The van der Waals surface area contributed by atoms with Gasteiger partial charge >= 0.3 is 17.9 Å². The predicted molar refractivity (Wildman–Crippen MR) is 251 cm³/mol. The Morgan fingerprint density at radius 1 is 0.356 bits per heavy atom. The molecule has 59 heavy (non-hydrogen) atoms. The fourth-order valence-corrected chi connectivity index (χ4v) is 6.50. The molecule has 0 heterocycles. The van der Waals surface area contributed by atoms with Gasteiger partial charge in [-0.05, 0) is 96.3 Å². The molecule has 0 spiro atoms. The van der Waals surface area contributed by atoms with Crippen LogP contribution in [0.2, 0.25) is 0 Å². The van der Waals surface area contributed by atoms with Gasteiger partial charge < -0.3 is 14.2 Å². The number of hydrogen-bond acceptors (Lipinski definition) is 6. The molecule has 0 saturated heterocycles. The minimum Gasteiger partial charge on any atom is -0.462 e. The zero-order valence-corrected chi connectivity index (χ0v) is 38.5. The normalized spacial score (nSPS) is 12.7. The van der Waals surface area contributed by atoms with Crippen LogP contribution in [0.3, 0.4) is 0 Å². The highest BCUT2D eigenvalue weighted by Gasteiger charge is 2.19. The molecule has 0 aromatic heterocycles. The van der Waals surface area contributed by atoms with E-state index in [1.165, 1.54) is 64.2 Å². The van der Waals surface area contributed by atoms with Gasteiger partial charge in [0.2, 0.25) is 0 Å². The third-order valence-electron chi connectivity index (χ3n) is 10.1. The van der Waals surface area contributed by atoms with Gasteiger partial charge in [0.05, 0.1) is 0 Å². The molecular weight excluding hydrogens is 733 g/mol. The lowest BCUT2D eigenvalue weighted by molar-refractivity contribution is -0.167.